The molecule has 1 rings (SSSR count). The predicted octanol–water partition coefficient (Wildman–Crippen LogP) is 5.01. The van der Waals surface area contributed by atoms with E-state index < -0.39 is 0 Å². The highest BCUT2D eigenvalue weighted by molar-refractivity contribution is 4.71. The van der Waals surface area contributed by atoms with E-state index in [0.29, 0.717) is 0 Å². The lowest BCUT2D eigenvalue weighted by Gasteiger charge is -2.30. The molecular formula is C20H40N4. The lowest BCUT2D eigenvalue weighted by atomic mass is 9.95. The lowest BCUT2D eigenvalue weighted by molar-refractivity contribution is 0.173. The molecule has 4 nitrogen and oxygen atoms in total. The number of aromatic nitrogens is 3. The zero-order chi connectivity index (χ0) is 17.6. The van der Waals surface area contributed by atoms with E-state index in [1.165, 1.54) is 64.5 Å². The normalized spacial score (nSPS) is 14.2. The van der Waals surface area contributed by atoms with E-state index in [1.807, 2.05) is 11.0 Å². The van der Waals surface area contributed by atoms with Crippen molar-refractivity contribution in [2.75, 3.05) is 19.6 Å². The third kappa shape index (κ3) is 8.81. The Morgan fingerprint density at radius 1 is 0.917 bits per heavy atom. The number of hydrogen-bond acceptors (Lipinski definition) is 3. The Labute approximate surface area is 150 Å². The highest BCUT2D eigenvalue weighted by Crippen LogP contribution is 2.18. The maximum atomic E-state index is 4.26. The molecule has 4 heteroatoms. The van der Waals surface area contributed by atoms with Crippen molar-refractivity contribution in [3.63, 3.8) is 0 Å². The summed E-state index contributed by atoms with van der Waals surface area (Å²) in [5, 5.41) is 4.26. The quantitative estimate of drug-likeness (QED) is 0.451. The predicted molar refractivity (Wildman–Crippen MR) is 103 cm³/mol. The van der Waals surface area contributed by atoms with E-state index in [1.54, 1.807) is 6.33 Å². The molecule has 0 aromatic carbocycles. The fraction of sp³-hybridized carbons (Fsp3) is 0.900. The van der Waals surface area contributed by atoms with Gasteiger partial charge in [-0.05, 0) is 24.7 Å². The van der Waals surface area contributed by atoms with Gasteiger partial charge in [-0.3, -0.25) is 4.68 Å². The maximum Gasteiger partial charge on any atom is 0.137 e. The van der Waals surface area contributed by atoms with Crippen LogP contribution in [0.15, 0.2) is 12.7 Å². The van der Waals surface area contributed by atoms with Gasteiger partial charge in [-0.2, -0.15) is 5.10 Å². The fourth-order valence-corrected chi connectivity index (χ4v) is 3.41. The van der Waals surface area contributed by atoms with E-state index in [2.05, 4.69) is 42.7 Å². The molecule has 0 aliphatic rings. The first-order chi connectivity index (χ1) is 11.7. The average Bonchev–Trinajstić information content (AvgIpc) is 3.12. The highest BCUT2D eigenvalue weighted by Gasteiger charge is 2.17. The minimum atomic E-state index is 0.837. The Balaban J connectivity index is 2.58. The van der Waals surface area contributed by atoms with E-state index in [0.717, 1.165) is 24.9 Å². The molecule has 0 N–H and O–H groups in total. The molecule has 1 heterocycles. The third-order valence-electron chi connectivity index (χ3n) is 5.23. The van der Waals surface area contributed by atoms with Gasteiger partial charge in [0.1, 0.15) is 12.7 Å². The van der Waals surface area contributed by atoms with Gasteiger partial charge in [0.25, 0.3) is 0 Å². The van der Waals surface area contributed by atoms with E-state index in [-0.39, 0.29) is 0 Å². The second-order valence-corrected chi connectivity index (χ2v) is 7.25. The van der Waals surface area contributed by atoms with Crippen LogP contribution in [0.4, 0.5) is 0 Å². The van der Waals surface area contributed by atoms with Crippen molar-refractivity contribution in [2.24, 2.45) is 11.8 Å². The largest absolute Gasteiger partial charge is 0.301 e. The van der Waals surface area contributed by atoms with Crippen LogP contribution < -0.4 is 0 Å². The van der Waals surface area contributed by atoms with Gasteiger partial charge in [0.2, 0.25) is 0 Å². The lowest BCUT2D eigenvalue weighted by Crippen LogP contribution is -2.36. The average molecular weight is 337 g/mol. The summed E-state index contributed by atoms with van der Waals surface area (Å²) >= 11 is 0. The van der Waals surface area contributed by atoms with Crippen LogP contribution in [0.25, 0.3) is 0 Å². The second-order valence-electron chi connectivity index (χ2n) is 7.25. The first-order valence-electron chi connectivity index (χ1n) is 10.3. The molecule has 0 bridgehead atoms. The van der Waals surface area contributed by atoms with E-state index in [4.69, 9.17) is 0 Å². The molecule has 140 valence electrons. The van der Waals surface area contributed by atoms with Gasteiger partial charge in [-0.15, -0.1) is 0 Å². The van der Waals surface area contributed by atoms with Crippen LogP contribution in [-0.2, 0) is 6.54 Å². The Bertz CT molecular complexity index is 359. The number of hydrogen-bond donors (Lipinski definition) is 0. The Hall–Kier alpha value is -0.900. The van der Waals surface area contributed by atoms with Crippen LogP contribution in [0.1, 0.15) is 79.1 Å². The Kier molecular flexibility index (Phi) is 11.8. The van der Waals surface area contributed by atoms with Crippen LogP contribution in [-0.4, -0.2) is 39.3 Å². The van der Waals surface area contributed by atoms with Crippen molar-refractivity contribution in [3.8, 4) is 0 Å². The van der Waals surface area contributed by atoms with Gasteiger partial charge in [0, 0.05) is 19.6 Å². The van der Waals surface area contributed by atoms with Gasteiger partial charge in [-0.25, -0.2) is 4.98 Å². The molecule has 0 spiro atoms. The molecule has 0 saturated heterocycles. The number of nitrogens with zero attached hydrogens (tertiary/aromatic N) is 4. The molecule has 0 aliphatic heterocycles. The Morgan fingerprint density at radius 2 is 1.50 bits per heavy atom. The summed E-state index contributed by atoms with van der Waals surface area (Å²) in [4.78, 5) is 6.77. The van der Waals surface area contributed by atoms with Gasteiger partial charge < -0.3 is 4.90 Å². The van der Waals surface area contributed by atoms with Crippen molar-refractivity contribution in [2.45, 2.75) is 85.6 Å². The van der Waals surface area contributed by atoms with Crippen LogP contribution in [0, 0.1) is 11.8 Å². The molecular weight excluding hydrogens is 296 g/mol. The van der Waals surface area contributed by atoms with Gasteiger partial charge >= 0.3 is 0 Å². The topological polar surface area (TPSA) is 34.0 Å². The summed E-state index contributed by atoms with van der Waals surface area (Å²) in [7, 11) is 0. The molecule has 0 radical (unpaired) electrons. The van der Waals surface area contributed by atoms with Gasteiger partial charge in [-0.1, -0.05) is 66.2 Å². The zero-order valence-electron chi connectivity index (χ0n) is 16.6. The third-order valence-corrected chi connectivity index (χ3v) is 5.23. The van der Waals surface area contributed by atoms with Crippen molar-refractivity contribution in [1.29, 1.82) is 0 Å². The van der Waals surface area contributed by atoms with Crippen molar-refractivity contribution < 1.29 is 0 Å². The first-order valence-corrected chi connectivity index (χ1v) is 10.3. The van der Waals surface area contributed by atoms with Crippen LogP contribution in [0.3, 0.4) is 0 Å². The van der Waals surface area contributed by atoms with E-state index >= 15 is 0 Å². The monoisotopic (exact) mass is 336 g/mol. The molecule has 0 aliphatic carbocycles. The zero-order valence-corrected chi connectivity index (χ0v) is 16.6. The number of rotatable bonds is 15. The molecule has 0 saturated carbocycles. The van der Waals surface area contributed by atoms with Gasteiger partial charge in [0.05, 0.1) is 6.54 Å². The summed E-state index contributed by atoms with van der Waals surface area (Å²) in [6, 6.07) is 0. The molecule has 2 atom stereocenters. The highest BCUT2D eigenvalue weighted by atomic mass is 15.3. The van der Waals surface area contributed by atoms with Crippen molar-refractivity contribution >= 4 is 0 Å². The molecule has 1 aromatic rings. The van der Waals surface area contributed by atoms with Crippen LogP contribution >= 0.6 is 0 Å². The summed E-state index contributed by atoms with van der Waals surface area (Å²) in [5.41, 5.74) is 0. The molecule has 0 fully saturated rings. The van der Waals surface area contributed by atoms with Crippen LogP contribution in [0.5, 0.6) is 0 Å². The van der Waals surface area contributed by atoms with Gasteiger partial charge in [0.15, 0.2) is 0 Å². The SMILES string of the molecule is CCCCC(CC)CN(CCn1cncn1)CC(CC)CCCC. The van der Waals surface area contributed by atoms with Crippen LogP contribution in [0.2, 0.25) is 0 Å². The summed E-state index contributed by atoms with van der Waals surface area (Å²) in [6.07, 6.45) is 14.2. The second kappa shape index (κ2) is 13.4. The molecule has 1 aromatic heterocycles. The molecule has 0 amide bonds. The summed E-state index contributed by atoms with van der Waals surface area (Å²) < 4.78 is 1.97. The minimum absolute atomic E-state index is 0.837. The first kappa shape index (κ1) is 21.1. The van der Waals surface area contributed by atoms with E-state index in [9.17, 15) is 0 Å². The van der Waals surface area contributed by atoms with Crippen molar-refractivity contribution in [3.05, 3.63) is 12.7 Å². The summed E-state index contributed by atoms with van der Waals surface area (Å²) in [6.45, 7) is 13.8. The maximum absolute atomic E-state index is 4.26. The number of unbranched alkanes of at least 4 members (excludes halogenated alkanes) is 2. The minimum Gasteiger partial charge on any atom is -0.301 e. The molecule has 2 unspecified atom stereocenters. The standard InChI is InChI=1S/C20H40N4/c1-5-9-11-19(7-3)15-23(13-14-24-18-21-17-22-24)16-20(8-4)12-10-6-2/h17-20H,5-16H2,1-4H3. The molecule has 24 heavy (non-hydrogen) atoms. The Morgan fingerprint density at radius 3 is 1.92 bits per heavy atom. The summed E-state index contributed by atoms with van der Waals surface area (Å²) in [5.74, 6) is 1.67. The smallest absolute Gasteiger partial charge is 0.137 e. The van der Waals surface area contributed by atoms with Crippen molar-refractivity contribution in [1.82, 2.24) is 19.7 Å². The fourth-order valence-electron chi connectivity index (χ4n) is 3.41.